The Hall–Kier alpha value is -2.11. The second kappa shape index (κ2) is 5.48. The van der Waals surface area contributed by atoms with Crippen LogP contribution in [0.15, 0.2) is 12.1 Å². The summed E-state index contributed by atoms with van der Waals surface area (Å²) < 4.78 is 0. The number of anilines is 1. The molecule has 0 aromatic heterocycles. The van der Waals surface area contributed by atoms with E-state index in [9.17, 15) is 14.9 Å². The first-order valence-electron chi connectivity index (χ1n) is 6.66. The summed E-state index contributed by atoms with van der Waals surface area (Å²) in [5.41, 5.74) is 0.780. The van der Waals surface area contributed by atoms with E-state index in [1.807, 2.05) is 0 Å². The van der Waals surface area contributed by atoms with Crippen molar-refractivity contribution in [1.82, 2.24) is 0 Å². The van der Waals surface area contributed by atoms with Crippen molar-refractivity contribution in [3.63, 3.8) is 0 Å². The fraction of sp³-hybridized carbons (Fsp3) is 0.500. The number of nitrogens with zero attached hydrogens (tertiary/aromatic N) is 1. The minimum atomic E-state index is -1.16. The highest BCUT2D eigenvalue weighted by Crippen LogP contribution is 2.37. The van der Waals surface area contributed by atoms with E-state index in [4.69, 9.17) is 5.11 Å². The summed E-state index contributed by atoms with van der Waals surface area (Å²) in [6, 6.07) is 2.57. The largest absolute Gasteiger partial charge is 0.478 e. The fourth-order valence-corrected chi connectivity index (χ4v) is 2.30. The van der Waals surface area contributed by atoms with Crippen molar-refractivity contribution in [2.24, 2.45) is 11.8 Å². The third-order valence-corrected chi connectivity index (χ3v) is 3.87. The van der Waals surface area contributed by atoms with Gasteiger partial charge in [0.25, 0.3) is 5.69 Å². The van der Waals surface area contributed by atoms with Gasteiger partial charge in [-0.05, 0) is 37.7 Å². The number of carboxylic acid groups (broad SMARTS) is 1. The molecule has 1 aliphatic carbocycles. The minimum absolute atomic E-state index is 0.0659. The monoisotopic (exact) mass is 278 g/mol. The number of carboxylic acids is 1. The Morgan fingerprint density at radius 2 is 2.20 bits per heavy atom. The van der Waals surface area contributed by atoms with Crippen LogP contribution in [0.5, 0.6) is 0 Å². The maximum atomic E-state index is 11.0. The van der Waals surface area contributed by atoms with Gasteiger partial charge in [0, 0.05) is 23.9 Å². The summed E-state index contributed by atoms with van der Waals surface area (Å²) in [4.78, 5) is 21.5. The molecule has 1 aromatic carbocycles. The van der Waals surface area contributed by atoms with Crippen molar-refractivity contribution in [3.05, 3.63) is 33.4 Å². The molecule has 1 unspecified atom stereocenters. The lowest BCUT2D eigenvalue weighted by atomic mass is 10.0. The highest BCUT2D eigenvalue weighted by atomic mass is 16.6. The summed E-state index contributed by atoms with van der Waals surface area (Å²) in [5, 5.41) is 23.2. The van der Waals surface area contributed by atoms with Crippen LogP contribution in [0.3, 0.4) is 0 Å². The molecule has 108 valence electrons. The molecule has 0 saturated heterocycles. The Labute approximate surface area is 117 Å². The SMILES string of the molecule is Cc1c(NCC(C)C2CC2)cc(C(=O)O)cc1[N+](=O)[O-]. The molecular weight excluding hydrogens is 260 g/mol. The zero-order valence-electron chi connectivity index (χ0n) is 11.5. The Balaban J connectivity index is 2.25. The number of benzene rings is 1. The summed E-state index contributed by atoms with van der Waals surface area (Å²) in [7, 11) is 0. The zero-order chi connectivity index (χ0) is 14.9. The normalized spacial score (nSPS) is 15.7. The van der Waals surface area contributed by atoms with Crippen LogP contribution in [0.2, 0.25) is 0 Å². The highest BCUT2D eigenvalue weighted by molar-refractivity contribution is 5.90. The van der Waals surface area contributed by atoms with Crippen LogP contribution in [-0.4, -0.2) is 22.5 Å². The third-order valence-electron chi connectivity index (χ3n) is 3.87. The Bertz CT molecular complexity index is 552. The molecule has 6 heteroatoms. The second-order valence-electron chi connectivity index (χ2n) is 5.43. The molecule has 1 atom stereocenters. The quantitative estimate of drug-likeness (QED) is 0.616. The number of carbonyl (C=O) groups is 1. The van der Waals surface area contributed by atoms with Crippen molar-refractivity contribution in [3.8, 4) is 0 Å². The summed E-state index contributed by atoms with van der Waals surface area (Å²) >= 11 is 0. The Morgan fingerprint density at radius 3 is 2.70 bits per heavy atom. The van der Waals surface area contributed by atoms with Gasteiger partial charge >= 0.3 is 5.97 Å². The van der Waals surface area contributed by atoms with E-state index in [0.717, 1.165) is 12.0 Å². The van der Waals surface area contributed by atoms with Crippen LogP contribution >= 0.6 is 0 Å². The predicted octanol–water partition coefficient (Wildman–Crippen LogP) is 3.06. The predicted molar refractivity (Wildman–Crippen MR) is 75.2 cm³/mol. The van der Waals surface area contributed by atoms with E-state index in [0.29, 0.717) is 23.7 Å². The molecule has 0 spiro atoms. The van der Waals surface area contributed by atoms with E-state index in [1.165, 1.54) is 18.9 Å². The summed E-state index contributed by atoms with van der Waals surface area (Å²) in [6.07, 6.45) is 2.47. The molecule has 0 bridgehead atoms. The van der Waals surface area contributed by atoms with E-state index >= 15 is 0 Å². The number of nitrogens with one attached hydrogen (secondary N) is 1. The molecule has 0 aliphatic heterocycles. The number of rotatable bonds is 6. The molecule has 2 N–H and O–H groups in total. The molecule has 1 aromatic rings. The molecule has 0 amide bonds. The van der Waals surface area contributed by atoms with Gasteiger partial charge in [-0.25, -0.2) is 4.79 Å². The van der Waals surface area contributed by atoms with Crippen molar-refractivity contribution in [2.45, 2.75) is 26.7 Å². The topological polar surface area (TPSA) is 92.5 Å². The lowest BCUT2D eigenvalue weighted by Crippen LogP contribution is -2.14. The van der Waals surface area contributed by atoms with Gasteiger partial charge in [0.1, 0.15) is 0 Å². The maximum absolute atomic E-state index is 11.0. The minimum Gasteiger partial charge on any atom is -0.478 e. The van der Waals surface area contributed by atoms with Crippen molar-refractivity contribution < 1.29 is 14.8 Å². The van der Waals surface area contributed by atoms with Gasteiger partial charge < -0.3 is 10.4 Å². The van der Waals surface area contributed by atoms with Crippen LogP contribution in [0.4, 0.5) is 11.4 Å². The standard InChI is InChI=1S/C14H18N2O4/c1-8(10-3-4-10)7-15-12-5-11(14(17)18)6-13(9(12)2)16(19)20/h5-6,8,10,15H,3-4,7H2,1-2H3,(H,17,18). The van der Waals surface area contributed by atoms with E-state index in [2.05, 4.69) is 12.2 Å². The van der Waals surface area contributed by atoms with Gasteiger partial charge in [-0.1, -0.05) is 6.92 Å². The first-order valence-corrected chi connectivity index (χ1v) is 6.66. The molecule has 2 rings (SSSR count). The number of hydrogen-bond acceptors (Lipinski definition) is 4. The summed E-state index contributed by atoms with van der Waals surface area (Å²) in [6.45, 7) is 4.47. The van der Waals surface area contributed by atoms with E-state index in [-0.39, 0.29) is 11.3 Å². The van der Waals surface area contributed by atoms with Crippen LogP contribution < -0.4 is 5.32 Å². The van der Waals surface area contributed by atoms with E-state index < -0.39 is 10.9 Å². The van der Waals surface area contributed by atoms with Crippen molar-refractivity contribution >= 4 is 17.3 Å². The van der Waals surface area contributed by atoms with Gasteiger partial charge in [0.2, 0.25) is 0 Å². The summed E-state index contributed by atoms with van der Waals surface area (Å²) in [5.74, 6) is 0.0498. The van der Waals surface area contributed by atoms with Crippen LogP contribution in [0, 0.1) is 28.9 Å². The highest BCUT2D eigenvalue weighted by Gasteiger charge is 2.28. The van der Waals surface area contributed by atoms with Gasteiger partial charge in [0.05, 0.1) is 10.5 Å². The number of hydrogen-bond donors (Lipinski definition) is 2. The van der Waals surface area contributed by atoms with Crippen LogP contribution in [-0.2, 0) is 0 Å². The molecule has 0 heterocycles. The smallest absolute Gasteiger partial charge is 0.336 e. The second-order valence-corrected chi connectivity index (χ2v) is 5.43. The number of nitro benzene ring substituents is 1. The first kappa shape index (κ1) is 14.3. The lowest BCUT2D eigenvalue weighted by Gasteiger charge is -2.15. The number of aromatic carboxylic acids is 1. The van der Waals surface area contributed by atoms with E-state index in [1.54, 1.807) is 6.92 Å². The molecular formula is C14H18N2O4. The van der Waals surface area contributed by atoms with Gasteiger partial charge in [-0.3, -0.25) is 10.1 Å². The van der Waals surface area contributed by atoms with Gasteiger partial charge in [-0.2, -0.15) is 0 Å². The van der Waals surface area contributed by atoms with Crippen molar-refractivity contribution in [2.75, 3.05) is 11.9 Å². The average Bonchev–Trinajstić information content (AvgIpc) is 3.20. The molecule has 0 radical (unpaired) electrons. The molecule has 6 nitrogen and oxygen atoms in total. The maximum Gasteiger partial charge on any atom is 0.336 e. The number of nitro groups is 1. The molecule has 1 fully saturated rings. The molecule has 1 aliphatic rings. The third kappa shape index (κ3) is 3.07. The van der Waals surface area contributed by atoms with Crippen LogP contribution in [0.1, 0.15) is 35.7 Å². The molecule has 1 saturated carbocycles. The van der Waals surface area contributed by atoms with Gasteiger partial charge in [-0.15, -0.1) is 0 Å². The van der Waals surface area contributed by atoms with Crippen LogP contribution in [0.25, 0.3) is 0 Å². The average molecular weight is 278 g/mol. The zero-order valence-corrected chi connectivity index (χ0v) is 11.5. The Morgan fingerprint density at radius 1 is 1.55 bits per heavy atom. The molecule has 20 heavy (non-hydrogen) atoms. The Kier molecular flexibility index (Phi) is 3.92. The van der Waals surface area contributed by atoms with Crippen molar-refractivity contribution in [1.29, 1.82) is 0 Å². The van der Waals surface area contributed by atoms with Gasteiger partial charge in [0.15, 0.2) is 0 Å². The first-order chi connectivity index (χ1) is 9.40. The lowest BCUT2D eigenvalue weighted by molar-refractivity contribution is -0.385. The fourth-order valence-electron chi connectivity index (χ4n) is 2.30.